The summed E-state index contributed by atoms with van der Waals surface area (Å²) in [6.45, 7) is 11.0. The van der Waals surface area contributed by atoms with Gasteiger partial charge in [0.05, 0.1) is 4.90 Å². The number of piperazine rings is 1. The van der Waals surface area contributed by atoms with Gasteiger partial charge < -0.3 is 4.90 Å². The second-order valence-electron chi connectivity index (χ2n) is 7.97. The Morgan fingerprint density at radius 2 is 1.42 bits per heavy atom. The van der Waals surface area contributed by atoms with Crippen molar-refractivity contribution in [2.24, 2.45) is 0 Å². The fourth-order valence-corrected chi connectivity index (χ4v) is 4.83. The van der Waals surface area contributed by atoms with E-state index in [0.717, 1.165) is 5.56 Å². The maximum Gasteiger partial charge on any atom is 0.243 e. The van der Waals surface area contributed by atoms with Crippen LogP contribution in [0.3, 0.4) is 0 Å². The molecule has 4 nitrogen and oxygen atoms in total. The molecule has 2 aromatic rings. The summed E-state index contributed by atoms with van der Waals surface area (Å²) in [5, 5.41) is 0. The van der Waals surface area contributed by atoms with Gasteiger partial charge in [-0.25, -0.2) is 8.42 Å². The molecule has 0 aliphatic carbocycles. The van der Waals surface area contributed by atoms with E-state index in [1.165, 1.54) is 11.3 Å². The van der Waals surface area contributed by atoms with Crippen molar-refractivity contribution in [2.75, 3.05) is 31.1 Å². The van der Waals surface area contributed by atoms with Crippen molar-refractivity contribution in [3.8, 4) is 0 Å². The van der Waals surface area contributed by atoms with Gasteiger partial charge >= 0.3 is 0 Å². The van der Waals surface area contributed by atoms with Crippen LogP contribution in [0.1, 0.15) is 31.9 Å². The first kappa shape index (κ1) is 18.9. The molecule has 0 saturated carbocycles. The van der Waals surface area contributed by atoms with Crippen LogP contribution in [0.25, 0.3) is 0 Å². The maximum atomic E-state index is 12.9. The second kappa shape index (κ2) is 7.05. The van der Waals surface area contributed by atoms with Crippen molar-refractivity contribution in [3.05, 3.63) is 59.7 Å². The molecule has 3 rings (SSSR count). The van der Waals surface area contributed by atoms with Gasteiger partial charge in [-0.1, -0.05) is 56.7 Å². The van der Waals surface area contributed by atoms with E-state index in [1.807, 2.05) is 19.1 Å². The van der Waals surface area contributed by atoms with Crippen LogP contribution in [-0.4, -0.2) is 38.9 Å². The number of hydrogen-bond acceptors (Lipinski definition) is 3. The fraction of sp³-hybridized carbons (Fsp3) is 0.429. The molecule has 1 fully saturated rings. The van der Waals surface area contributed by atoms with Crippen molar-refractivity contribution in [1.29, 1.82) is 0 Å². The van der Waals surface area contributed by atoms with Gasteiger partial charge in [0.1, 0.15) is 0 Å². The number of para-hydroxylation sites is 1. The number of sulfonamides is 1. The van der Waals surface area contributed by atoms with Crippen LogP contribution in [0.4, 0.5) is 5.69 Å². The van der Waals surface area contributed by atoms with Crippen molar-refractivity contribution < 1.29 is 8.42 Å². The molecule has 1 saturated heterocycles. The van der Waals surface area contributed by atoms with Crippen LogP contribution < -0.4 is 4.90 Å². The fourth-order valence-electron chi connectivity index (χ4n) is 3.41. The Hall–Kier alpha value is -1.85. The zero-order chi connectivity index (χ0) is 18.9. The number of hydrogen-bond donors (Lipinski definition) is 0. The lowest BCUT2D eigenvalue weighted by Gasteiger charge is -2.38. The molecule has 140 valence electrons. The van der Waals surface area contributed by atoms with E-state index in [0.29, 0.717) is 31.1 Å². The van der Waals surface area contributed by atoms with Crippen LogP contribution in [0.2, 0.25) is 0 Å². The van der Waals surface area contributed by atoms with E-state index >= 15 is 0 Å². The van der Waals surface area contributed by atoms with Gasteiger partial charge in [0, 0.05) is 31.9 Å². The standard InChI is InChI=1S/C21H28N2O2S/c1-17-9-11-18(12-10-17)26(24,25)23-15-13-22(14-16-23)20-8-6-5-7-19(20)21(2,3)4/h5-12H,13-16H2,1-4H3. The Balaban J connectivity index is 1.77. The van der Waals surface area contributed by atoms with E-state index in [2.05, 4.69) is 49.9 Å². The molecule has 0 bridgehead atoms. The number of benzene rings is 2. The molecule has 2 aromatic carbocycles. The maximum absolute atomic E-state index is 12.9. The van der Waals surface area contributed by atoms with Crippen LogP contribution >= 0.6 is 0 Å². The van der Waals surface area contributed by atoms with Gasteiger partial charge in [-0.3, -0.25) is 0 Å². The highest BCUT2D eigenvalue weighted by Crippen LogP contribution is 2.32. The molecule has 1 aliphatic heterocycles. The predicted molar refractivity (Wildman–Crippen MR) is 107 cm³/mol. The highest BCUT2D eigenvalue weighted by molar-refractivity contribution is 7.89. The third-order valence-electron chi connectivity index (χ3n) is 4.95. The minimum atomic E-state index is -3.42. The summed E-state index contributed by atoms with van der Waals surface area (Å²) in [7, 11) is -3.42. The van der Waals surface area contributed by atoms with Gasteiger partial charge in [-0.15, -0.1) is 0 Å². The zero-order valence-corrected chi connectivity index (χ0v) is 16.9. The summed E-state index contributed by atoms with van der Waals surface area (Å²) in [6.07, 6.45) is 0. The first-order valence-electron chi connectivity index (χ1n) is 9.11. The smallest absolute Gasteiger partial charge is 0.243 e. The van der Waals surface area contributed by atoms with Crippen LogP contribution in [0.15, 0.2) is 53.4 Å². The molecule has 26 heavy (non-hydrogen) atoms. The predicted octanol–water partition coefficient (Wildman–Crippen LogP) is 3.80. The summed E-state index contributed by atoms with van der Waals surface area (Å²) >= 11 is 0. The minimum absolute atomic E-state index is 0.0572. The van der Waals surface area contributed by atoms with Crippen molar-refractivity contribution >= 4 is 15.7 Å². The normalized spacial score (nSPS) is 16.7. The molecule has 0 spiro atoms. The monoisotopic (exact) mass is 372 g/mol. The molecule has 0 atom stereocenters. The average Bonchev–Trinajstić information content (AvgIpc) is 2.61. The molecule has 0 radical (unpaired) electrons. The number of rotatable bonds is 3. The Kier molecular flexibility index (Phi) is 5.13. The molecular weight excluding hydrogens is 344 g/mol. The third kappa shape index (κ3) is 3.79. The molecule has 0 aromatic heterocycles. The number of nitrogens with zero attached hydrogens (tertiary/aromatic N) is 2. The first-order chi connectivity index (χ1) is 12.2. The van der Waals surface area contributed by atoms with E-state index in [4.69, 9.17) is 0 Å². The summed E-state index contributed by atoms with van der Waals surface area (Å²) in [5.74, 6) is 0. The summed E-state index contributed by atoms with van der Waals surface area (Å²) in [6, 6.07) is 15.5. The lowest BCUT2D eigenvalue weighted by molar-refractivity contribution is 0.384. The van der Waals surface area contributed by atoms with E-state index in [1.54, 1.807) is 16.4 Å². The van der Waals surface area contributed by atoms with Gasteiger partial charge in [0.25, 0.3) is 0 Å². The van der Waals surface area contributed by atoms with Gasteiger partial charge in [0.2, 0.25) is 10.0 Å². The third-order valence-corrected chi connectivity index (χ3v) is 6.86. The molecule has 1 aliphatic rings. The summed E-state index contributed by atoms with van der Waals surface area (Å²) in [5.41, 5.74) is 3.64. The molecule has 0 amide bonds. The zero-order valence-electron chi connectivity index (χ0n) is 16.1. The molecule has 0 unspecified atom stereocenters. The average molecular weight is 373 g/mol. The van der Waals surface area contributed by atoms with Crippen molar-refractivity contribution in [1.82, 2.24) is 4.31 Å². The number of anilines is 1. The van der Waals surface area contributed by atoms with E-state index in [9.17, 15) is 8.42 Å². The summed E-state index contributed by atoms with van der Waals surface area (Å²) in [4.78, 5) is 2.69. The Morgan fingerprint density at radius 1 is 0.846 bits per heavy atom. The molecule has 5 heteroatoms. The molecular formula is C21H28N2O2S. The molecule has 0 N–H and O–H groups in total. The quantitative estimate of drug-likeness (QED) is 0.823. The van der Waals surface area contributed by atoms with E-state index < -0.39 is 10.0 Å². The lowest BCUT2D eigenvalue weighted by Crippen LogP contribution is -2.49. The Morgan fingerprint density at radius 3 is 2.00 bits per heavy atom. The molecule has 1 heterocycles. The van der Waals surface area contributed by atoms with Crippen LogP contribution in [0.5, 0.6) is 0 Å². The Bertz CT molecular complexity index is 860. The van der Waals surface area contributed by atoms with E-state index in [-0.39, 0.29) is 5.41 Å². The summed E-state index contributed by atoms with van der Waals surface area (Å²) < 4.78 is 27.4. The highest BCUT2D eigenvalue weighted by atomic mass is 32.2. The topological polar surface area (TPSA) is 40.6 Å². The van der Waals surface area contributed by atoms with Crippen LogP contribution in [0, 0.1) is 6.92 Å². The number of aryl methyl sites for hydroxylation is 1. The lowest BCUT2D eigenvalue weighted by atomic mass is 9.85. The minimum Gasteiger partial charge on any atom is -0.369 e. The SMILES string of the molecule is Cc1ccc(S(=O)(=O)N2CCN(c3ccccc3C(C)(C)C)CC2)cc1. The van der Waals surface area contributed by atoms with Crippen LogP contribution in [-0.2, 0) is 15.4 Å². The second-order valence-corrected chi connectivity index (χ2v) is 9.91. The van der Waals surface area contributed by atoms with Gasteiger partial charge in [-0.05, 0) is 36.1 Å². The van der Waals surface area contributed by atoms with Gasteiger partial charge in [0.15, 0.2) is 0 Å². The van der Waals surface area contributed by atoms with Gasteiger partial charge in [-0.2, -0.15) is 4.31 Å². The van der Waals surface area contributed by atoms with Crippen molar-refractivity contribution in [2.45, 2.75) is 38.0 Å². The highest BCUT2D eigenvalue weighted by Gasteiger charge is 2.30. The van der Waals surface area contributed by atoms with Crippen molar-refractivity contribution in [3.63, 3.8) is 0 Å². The first-order valence-corrected chi connectivity index (χ1v) is 10.5. The Labute approximate surface area is 157 Å². The largest absolute Gasteiger partial charge is 0.369 e.